The number of carbonyl (C=O) groups is 2. The van der Waals surface area contributed by atoms with Crippen LogP contribution in [0.4, 0.5) is 10.1 Å². The van der Waals surface area contributed by atoms with Crippen molar-refractivity contribution in [2.75, 3.05) is 6.54 Å². The summed E-state index contributed by atoms with van der Waals surface area (Å²) >= 11 is 0. The first-order valence-electron chi connectivity index (χ1n) is 8.59. The molecule has 0 fully saturated rings. The lowest BCUT2D eigenvalue weighted by atomic mass is 10.1. The Labute approximate surface area is 160 Å². The van der Waals surface area contributed by atoms with Crippen LogP contribution in [0.2, 0.25) is 0 Å². The number of nitro groups is 1. The van der Waals surface area contributed by atoms with E-state index in [9.17, 15) is 24.1 Å². The summed E-state index contributed by atoms with van der Waals surface area (Å²) in [6.45, 7) is 4.35. The summed E-state index contributed by atoms with van der Waals surface area (Å²) in [5.41, 5.74) is 1.13. The van der Waals surface area contributed by atoms with Crippen LogP contribution in [-0.4, -0.2) is 39.2 Å². The number of benzene rings is 1. The maximum Gasteiger partial charge on any atom is 0.328 e. The fraction of sp³-hybridized carbons (Fsp3) is 0.389. The van der Waals surface area contributed by atoms with Crippen molar-refractivity contribution in [1.29, 1.82) is 0 Å². The molecule has 0 saturated carbocycles. The van der Waals surface area contributed by atoms with Gasteiger partial charge < -0.3 is 10.1 Å². The first kappa shape index (κ1) is 21.0. The van der Waals surface area contributed by atoms with Crippen molar-refractivity contribution in [2.45, 2.75) is 39.8 Å². The van der Waals surface area contributed by atoms with Gasteiger partial charge in [-0.1, -0.05) is 12.1 Å². The lowest BCUT2D eigenvalue weighted by molar-refractivity contribution is -0.386. The predicted octanol–water partition coefficient (Wildman–Crippen LogP) is 1.84. The number of esters is 1. The summed E-state index contributed by atoms with van der Waals surface area (Å²) in [4.78, 5) is 34.5. The highest BCUT2D eigenvalue weighted by atomic mass is 19.1. The smallest absolute Gasteiger partial charge is 0.328 e. The minimum atomic E-state index is -1.03. The number of nitrogens with zero attached hydrogens (tertiary/aromatic N) is 3. The Kier molecular flexibility index (Phi) is 6.80. The van der Waals surface area contributed by atoms with Crippen LogP contribution in [-0.2, 0) is 27.3 Å². The van der Waals surface area contributed by atoms with Gasteiger partial charge in [0.1, 0.15) is 23.7 Å². The van der Waals surface area contributed by atoms with Gasteiger partial charge in [-0.15, -0.1) is 0 Å². The average Bonchev–Trinajstić information content (AvgIpc) is 2.89. The summed E-state index contributed by atoms with van der Waals surface area (Å²) in [5.74, 6) is -1.54. The number of aromatic nitrogens is 2. The molecule has 1 amide bonds. The maximum absolute atomic E-state index is 12.9. The van der Waals surface area contributed by atoms with Crippen molar-refractivity contribution in [3.05, 3.63) is 57.1 Å². The van der Waals surface area contributed by atoms with E-state index in [2.05, 4.69) is 10.4 Å². The number of amides is 1. The van der Waals surface area contributed by atoms with Crippen LogP contribution in [0.3, 0.4) is 0 Å². The Morgan fingerprint density at radius 2 is 1.96 bits per heavy atom. The summed E-state index contributed by atoms with van der Waals surface area (Å²) in [6.07, 6.45) is -0.532. The van der Waals surface area contributed by atoms with Gasteiger partial charge in [0.2, 0.25) is 0 Å². The van der Waals surface area contributed by atoms with Gasteiger partial charge in [-0.05, 0) is 44.9 Å². The van der Waals surface area contributed by atoms with E-state index in [-0.39, 0.29) is 29.4 Å². The van der Waals surface area contributed by atoms with Crippen LogP contribution in [0.5, 0.6) is 0 Å². The SMILES string of the molecule is Cc1nn(CC(=O)O[C@@H](C)C(=O)NCCc2ccc(F)cc2)c(C)c1[N+](=O)[O-]. The largest absolute Gasteiger partial charge is 0.451 e. The first-order chi connectivity index (χ1) is 13.2. The monoisotopic (exact) mass is 392 g/mol. The Bertz CT molecular complexity index is 879. The van der Waals surface area contributed by atoms with Gasteiger partial charge in [-0.2, -0.15) is 5.10 Å². The highest BCUT2D eigenvalue weighted by molar-refractivity contribution is 5.83. The molecule has 1 aromatic heterocycles. The van der Waals surface area contributed by atoms with Crippen LogP contribution in [0.25, 0.3) is 0 Å². The molecule has 0 aliphatic heterocycles. The number of carbonyl (C=O) groups excluding carboxylic acids is 2. The van der Waals surface area contributed by atoms with Crippen LogP contribution >= 0.6 is 0 Å². The van der Waals surface area contributed by atoms with Crippen molar-refractivity contribution < 1.29 is 23.6 Å². The molecule has 28 heavy (non-hydrogen) atoms. The van der Waals surface area contributed by atoms with E-state index < -0.39 is 22.9 Å². The van der Waals surface area contributed by atoms with Crippen molar-refractivity contribution >= 4 is 17.6 Å². The van der Waals surface area contributed by atoms with Crippen molar-refractivity contribution in [3.63, 3.8) is 0 Å². The van der Waals surface area contributed by atoms with Crippen molar-refractivity contribution in [3.8, 4) is 0 Å². The molecule has 0 radical (unpaired) electrons. The minimum Gasteiger partial charge on any atom is -0.451 e. The number of rotatable bonds is 8. The van der Waals surface area contributed by atoms with Crippen molar-refractivity contribution in [2.24, 2.45) is 0 Å². The molecular formula is C18H21FN4O5. The van der Waals surface area contributed by atoms with E-state index in [0.29, 0.717) is 13.0 Å². The normalized spacial score (nSPS) is 11.7. The number of nitrogens with one attached hydrogen (secondary N) is 1. The molecule has 1 heterocycles. The van der Waals surface area contributed by atoms with Crippen LogP contribution < -0.4 is 5.32 Å². The number of ether oxygens (including phenoxy) is 1. The highest BCUT2D eigenvalue weighted by Gasteiger charge is 2.24. The average molecular weight is 392 g/mol. The van der Waals surface area contributed by atoms with Gasteiger partial charge in [-0.25, -0.2) is 4.39 Å². The Morgan fingerprint density at radius 3 is 2.54 bits per heavy atom. The fourth-order valence-corrected chi connectivity index (χ4v) is 2.64. The van der Waals surface area contributed by atoms with E-state index >= 15 is 0 Å². The van der Waals surface area contributed by atoms with Gasteiger partial charge >= 0.3 is 11.7 Å². The fourth-order valence-electron chi connectivity index (χ4n) is 2.64. The lowest BCUT2D eigenvalue weighted by Gasteiger charge is -2.14. The number of halogens is 1. The van der Waals surface area contributed by atoms with Crippen LogP contribution in [0.1, 0.15) is 23.9 Å². The molecule has 0 unspecified atom stereocenters. The van der Waals surface area contributed by atoms with E-state index in [1.54, 1.807) is 12.1 Å². The zero-order valence-electron chi connectivity index (χ0n) is 15.8. The molecule has 1 atom stereocenters. The third-order valence-electron chi connectivity index (χ3n) is 4.11. The Hall–Kier alpha value is -3.30. The number of hydrogen-bond donors (Lipinski definition) is 1. The molecule has 150 valence electrons. The van der Waals surface area contributed by atoms with Crippen LogP contribution in [0.15, 0.2) is 24.3 Å². The molecule has 10 heteroatoms. The molecule has 1 N–H and O–H groups in total. The molecule has 0 saturated heterocycles. The summed E-state index contributed by atoms with van der Waals surface area (Å²) in [7, 11) is 0. The second-order valence-corrected chi connectivity index (χ2v) is 6.23. The summed E-state index contributed by atoms with van der Waals surface area (Å²) in [6, 6.07) is 5.92. The van der Waals surface area contributed by atoms with Crippen molar-refractivity contribution in [1.82, 2.24) is 15.1 Å². The summed E-state index contributed by atoms with van der Waals surface area (Å²) < 4.78 is 19.1. The Morgan fingerprint density at radius 1 is 1.32 bits per heavy atom. The summed E-state index contributed by atoms with van der Waals surface area (Å²) in [5, 5.41) is 17.6. The third-order valence-corrected chi connectivity index (χ3v) is 4.11. The molecule has 0 spiro atoms. The minimum absolute atomic E-state index is 0.153. The first-order valence-corrected chi connectivity index (χ1v) is 8.59. The quantitative estimate of drug-likeness (QED) is 0.416. The maximum atomic E-state index is 12.9. The zero-order valence-corrected chi connectivity index (χ0v) is 15.8. The van der Waals surface area contributed by atoms with Gasteiger partial charge in [-0.3, -0.25) is 24.4 Å². The topological polar surface area (TPSA) is 116 Å². The molecular weight excluding hydrogens is 371 g/mol. The van der Waals surface area contributed by atoms with E-state index in [1.165, 1.54) is 37.6 Å². The number of hydrogen-bond acceptors (Lipinski definition) is 6. The lowest BCUT2D eigenvalue weighted by Crippen LogP contribution is -2.37. The second-order valence-electron chi connectivity index (χ2n) is 6.23. The molecule has 1 aromatic carbocycles. The molecule has 2 rings (SSSR count). The zero-order chi connectivity index (χ0) is 20.8. The molecule has 0 bridgehead atoms. The molecule has 0 aliphatic carbocycles. The van der Waals surface area contributed by atoms with Gasteiger partial charge in [0, 0.05) is 6.54 Å². The molecule has 2 aromatic rings. The van der Waals surface area contributed by atoms with E-state index in [4.69, 9.17) is 4.74 Å². The van der Waals surface area contributed by atoms with Gasteiger partial charge in [0.15, 0.2) is 6.10 Å². The van der Waals surface area contributed by atoms with Gasteiger partial charge in [0.25, 0.3) is 5.91 Å². The molecule has 0 aliphatic rings. The Balaban J connectivity index is 1.83. The highest BCUT2D eigenvalue weighted by Crippen LogP contribution is 2.21. The van der Waals surface area contributed by atoms with Crippen LogP contribution in [0, 0.1) is 29.8 Å². The van der Waals surface area contributed by atoms with E-state index in [1.807, 2.05) is 0 Å². The van der Waals surface area contributed by atoms with E-state index in [0.717, 1.165) is 5.56 Å². The predicted molar refractivity (Wildman–Crippen MR) is 97.0 cm³/mol. The third kappa shape index (κ3) is 5.35. The number of aryl methyl sites for hydroxylation is 1. The molecule has 9 nitrogen and oxygen atoms in total. The van der Waals surface area contributed by atoms with Gasteiger partial charge in [0.05, 0.1) is 4.92 Å². The standard InChI is InChI=1S/C18H21FN4O5/c1-11-17(23(26)27)12(2)22(21-11)10-16(24)28-13(3)18(25)20-9-8-14-4-6-15(19)7-5-14/h4-7,13H,8-10H2,1-3H3,(H,20,25)/t13-/m0/s1. The second kappa shape index (κ2) is 9.07.